The number of carbonyl (C=O) groups excluding carboxylic acids is 1. The molecule has 1 aromatic carbocycles. The molecule has 0 fully saturated rings. The second kappa shape index (κ2) is 6.88. The zero-order chi connectivity index (χ0) is 18.1. The number of aryl methyl sites for hydroxylation is 1. The van der Waals surface area contributed by atoms with Gasteiger partial charge < -0.3 is 10.1 Å². The summed E-state index contributed by atoms with van der Waals surface area (Å²) in [4.78, 5) is 21.9. The number of allylic oxidation sites excluding steroid dienone is 3. The standard InChI is InChI=1S/C20H19N3O2S/c1-12-21-11-17(26-12)20(24)23-18-10-15-16(25-2)9-8-14(19(15)22-18)13-6-4-3-5-7-13/h3-7,11H,8-10H2,1-2H3,(H,22,23,24). The fraction of sp³-hybridized carbons (Fsp3) is 0.250. The van der Waals surface area contributed by atoms with Gasteiger partial charge in [-0.15, -0.1) is 11.3 Å². The fourth-order valence-electron chi connectivity index (χ4n) is 3.36. The first-order valence-corrected chi connectivity index (χ1v) is 9.33. The van der Waals surface area contributed by atoms with Crippen LogP contribution in [0.4, 0.5) is 0 Å². The van der Waals surface area contributed by atoms with Gasteiger partial charge in [0.2, 0.25) is 0 Å². The minimum absolute atomic E-state index is 0.158. The smallest absolute Gasteiger partial charge is 0.268 e. The molecule has 0 saturated heterocycles. The van der Waals surface area contributed by atoms with E-state index in [-0.39, 0.29) is 5.91 Å². The Morgan fingerprint density at radius 1 is 1.19 bits per heavy atom. The number of ether oxygens (including phenoxy) is 1. The minimum Gasteiger partial charge on any atom is -0.501 e. The van der Waals surface area contributed by atoms with Gasteiger partial charge in [0, 0.05) is 18.4 Å². The molecule has 26 heavy (non-hydrogen) atoms. The lowest BCUT2D eigenvalue weighted by Gasteiger charge is -2.20. The van der Waals surface area contributed by atoms with Crippen molar-refractivity contribution in [2.24, 2.45) is 4.99 Å². The molecule has 1 N–H and O–H groups in total. The van der Waals surface area contributed by atoms with Gasteiger partial charge in [-0.25, -0.2) is 9.98 Å². The number of thiazole rings is 1. The number of amides is 1. The van der Waals surface area contributed by atoms with Crippen LogP contribution in [0.5, 0.6) is 0 Å². The summed E-state index contributed by atoms with van der Waals surface area (Å²) in [6, 6.07) is 10.3. The molecule has 0 spiro atoms. The fourth-order valence-corrected chi connectivity index (χ4v) is 4.03. The molecule has 1 aliphatic carbocycles. The number of nitrogens with zero attached hydrogens (tertiary/aromatic N) is 2. The summed E-state index contributed by atoms with van der Waals surface area (Å²) in [6.07, 6.45) is 3.92. The number of carbonyl (C=O) groups is 1. The molecular formula is C20H19N3O2S. The van der Waals surface area contributed by atoms with Crippen LogP contribution in [-0.4, -0.2) is 23.8 Å². The van der Waals surface area contributed by atoms with Crippen molar-refractivity contribution in [1.82, 2.24) is 10.3 Å². The highest BCUT2D eigenvalue weighted by molar-refractivity contribution is 7.13. The number of nitrogens with one attached hydrogen (secondary N) is 1. The van der Waals surface area contributed by atoms with E-state index >= 15 is 0 Å². The monoisotopic (exact) mass is 365 g/mol. The van der Waals surface area contributed by atoms with Crippen LogP contribution in [0.15, 0.2) is 58.6 Å². The van der Waals surface area contributed by atoms with Gasteiger partial charge in [0.1, 0.15) is 16.5 Å². The van der Waals surface area contributed by atoms with E-state index in [1.807, 2.05) is 25.1 Å². The summed E-state index contributed by atoms with van der Waals surface area (Å²) in [6.45, 7) is 1.88. The molecule has 0 unspecified atom stereocenters. The Morgan fingerprint density at radius 3 is 2.69 bits per heavy atom. The van der Waals surface area contributed by atoms with Crippen molar-refractivity contribution >= 4 is 28.7 Å². The molecule has 1 aliphatic heterocycles. The lowest BCUT2D eigenvalue weighted by molar-refractivity contribution is 0.0980. The van der Waals surface area contributed by atoms with E-state index in [1.54, 1.807) is 13.3 Å². The number of aromatic nitrogens is 1. The van der Waals surface area contributed by atoms with Crippen molar-refractivity contribution in [3.05, 3.63) is 69.0 Å². The van der Waals surface area contributed by atoms with E-state index in [0.717, 1.165) is 34.9 Å². The van der Waals surface area contributed by atoms with Gasteiger partial charge in [0.05, 0.1) is 24.0 Å². The Labute approximate surface area is 156 Å². The van der Waals surface area contributed by atoms with E-state index in [2.05, 4.69) is 22.4 Å². The van der Waals surface area contributed by atoms with E-state index < -0.39 is 0 Å². The summed E-state index contributed by atoms with van der Waals surface area (Å²) < 4.78 is 5.58. The maximum atomic E-state index is 12.4. The van der Waals surface area contributed by atoms with Crippen molar-refractivity contribution < 1.29 is 9.53 Å². The lowest BCUT2D eigenvalue weighted by atomic mass is 9.89. The molecule has 2 heterocycles. The molecule has 4 rings (SSSR count). The zero-order valence-corrected chi connectivity index (χ0v) is 15.5. The first kappa shape index (κ1) is 16.7. The third kappa shape index (κ3) is 3.08. The van der Waals surface area contributed by atoms with Gasteiger partial charge in [0.25, 0.3) is 5.91 Å². The molecule has 6 heteroatoms. The van der Waals surface area contributed by atoms with Crippen molar-refractivity contribution in [3.8, 4) is 0 Å². The highest BCUT2D eigenvalue weighted by atomic mass is 32.1. The molecule has 2 aromatic rings. The Kier molecular flexibility index (Phi) is 4.42. The van der Waals surface area contributed by atoms with E-state index in [9.17, 15) is 4.79 Å². The minimum atomic E-state index is -0.158. The van der Waals surface area contributed by atoms with Crippen LogP contribution >= 0.6 is 11.3 Å². The average Bonchev–Trinajstić information content (AvgIpc) is 3.27. The van der Waals surface area contributed by atoms with Crippen molar-refractivity contribution in [3.63, 3.8) is 0 Å². The number of methoxy groups -OCH3 is 1. The highest BCUT2D eigenvalue weighted by Gasteiger charge is 2.30. The number of hydrogen-bond acceptors (Lipinski definition) is 5. The first-order chi connectivity index (χ1) is 12.7. The summed E-state index contributed by atoms with van der Waals surface area (Å²) in [7, 11) is 1.70. The maximum absolute atomic E-state index is 12.4. The topological polar surface area (TPSA) is 63.6 Å². The normalized spacial score (nSPS) is 16.5. The second-order valence-electron chi connectivity index (χ2n) is 6.23. The summed E-state index contributed by atoms with van der Waals surface area (Å²) in [5, 5.41) is 3.81. The van der Waals surface area contributed by atoms with Gasteiger partial charge in [0.15, 0.2) is 0 Å². The van der Waals surface area contributed by atoms with Crippen LogP contribution in [0.25, 0.3) is 5.57 Å². The van der Waals surface area contributed by atoms with Crippen LogP contribution in [0, 0.1) is 6.92 Å². The first-order valence-electron chi connectivity index (χ1n) is 8.52. The Hall–Kier alpha value is -2.73. The van der Waals surface area contributed by atoms with Crippen LogP contribution in [-0.2, 0) is 4.74 Å². The van der Waals surface area contributed by atoms with Gasteiger partial charge in [-0.05, 0) is 24.5 Å². The van der Waals surface area contributed by atoms with Gasteiger partial charge >= 0.3 is 0 Å². The molecule has 2 aliphatic rings. The Bertz CT molecular complexity index is 954. The molecule has 132 valence electrons. The Morgan fingerprint density at radius 2 is 2.00 bits per heavy atom. The van der Waals surface area contributed by atoms with Gasteiger partial charge in [-0.3, -0.25) is 4.79 Å². The highest BCUT2D eigenvalue weighted by Crippen LogP contribution is 2.41. The van der Waals surface area contributed by atoms with E-state index in [4.69, 9.17) is 9.73 Å². The van der Waals surface area contributed by atoms with E-state index in [0.29, 0.717) is 17.1 Å². The van der Waals surface area contributed by atoms with Crippen molar-refractivity contribution in [2.45, 2.75) is 26.2 Å². The predicted molar refractivity (Wildman–Crippen MR) is 103 cm³/mol. The quantitative estimate of drug-likeness (QED) is 0.891. The number of aliphatic imine (C=N–C) groups is 1. The molecule has 1 amide bonds. The number of amidine groups is 1. The number of rotatable bonds is 3. The molecule has 0 bridgehead atoms. The maximum Gasteiger partial charge on any atom is 0.268 e. The summed E-state index contributed by atoms with van der Waals surface area (Å²) >= 11 is 1.38. The molecule has 0 saturated carbocycles. The van der Waals surface area contributed by atoms with Gasteiger partial charge in [-0.1, -0.05) is 30.3 Å². The molecule has 5 nitrogen and oxygen atoms in total. The van der Waals surface area contributed by atoms with Crippen LogP contribution < -0.4 is 5.32 Å². The molecule has 0 radical (unpaired) electrons. The van der Waals surface area contributed by atoms with Gasteiger partial charge in [-0.2, -0.15) is 0 Å². The molecule has 1 aromatic heterocycles. The van der Waals surface area contributed by atoms with Crippen molar-refractivity contribution in [1.29, 1.82) is 0 Å². The largest absolute Gasteiger partial charge is 0.501 e. The average molecular weight is 365 g/mol. The lowest BCUT2D eigenvalue weighted by Crippen LogP contribution is -2.28. The number of fused-ring (bicyclic) bond motifs is 1. The van der Waals surface area contributed by atoms with E-state index in [1.165, 1.54) is 22.5 Å². The summed E-state index contributed by atoms with van der Waals surface area (Å²) in [5.74, 6) is 1.46. The van der Waals surface area contributed by atoms with Crippen LogP contribution in [0.3, 0.4) is 0 Å². The zero-order valence-electron chi connectivity index (χ0n) is 14.7. The van der Waals surface area contributed by atoms with Crippen molar-refractivity contribution in [2.75, 3.05) is 7.11 Å². The van der Waals surface area contributed by atoms with Crippen LogP contribution in [0.2, 0.25) is 0 Å². The van der Waals surface area contributed by atoms with Crippen LogP contribution in [0.1, 0.15) is 39.5 Å². The third-order valence-corrected chi connectivity index (χ3v) is 5.48. The molecule has 0 atom stereocenters. The predicted octanol–water partition coefficient (Wildman–Crippen LogP) is 4.09. The number of benzene rings is 1. The second-order valence-corrected chi connectivity index (χ2v) is 7.47. The third-order valence-electron chi connectivity index (χ3n) is 4.57. The Balaban J connectivity index is 1.68. The molecular weight excluding hydrogens is 346 g/mol. The summed E-state index contributed by atoms with van der Waals surface area (Å²) in [5.41, 5.74) is 4.40. The number of hydrogen-bond donors (Lipinski definition) is 1. The SMILES string of the molecule is COC1=C2CC(NC(=O)c3cnc(C)s3)=NC2=C(c2ccccc2)CC1.